The molecule has 2 nitrogen and oxygen atoms in total. The molecule has 0 atom stereocenters. The Morgan fingerprint density at radius 3 is 2.09 bits per heavy atom. The Bertz CT molecular complexity index is 128. The highest BCUT2D eigenvalue weighted by Gasteiger charge is 2.46. The fourth-order valence-electron chi connectivity index (χ4n) is 2.00. The van der Waals surface area contributed by atoms with E-state index < -0.39 is 0 Å². The molecule has 0 aromatic carbocycles. The van der Waals surface area contributed by atoms with Gasteiger partial charge in [-0.25, -0.2) is 0 Å². The van der Waals surface area contributed by atoms with Crippen molar-refractivity contribution in [2.75, 3.05) is 13.1 Å². The van der Waals surface area contributed by atoms with Gasteiger partial charge in [0.05, 0.1) is 0 Å². The second-order valence-corrected chi connectivity index (χ2v) is 3.81. The average molecular weight is 156 g/mol. The SMILES string of the molecule is CCN(C(C)C)C1(CN)CC1. The second-order valence-electron chi connectivity index (χ2n) is 3.81. The first-order chi connectivity index (χ1) is 5.16. The van der Waals surface area contributed by atoms with Crippen LogP contribution >= 0.6 is 0 Å². The number of hydrogen-bond acceptors (Lipinski definition) is 2. The van der Waals surface area contributed by atoms with Crippen LogP contribution in [-0.2, 0) is 0 Å². The van der Waals surface area contributed by atoms with E-state index in [2.05, 4.69) is 25.7 Å². The minimum absolute atomic E-state index is 0.392. The zero-order valence-electron chi connectivity index (χ0n) is 7.93. The van der Waals surface area contributed by atoms with Gasteiger partial charge in [0.25, 0.3) is 0 Å². The normalized spacial score (nSPS) is 21.3. The van der Waals surface area contributed by atoms with Crippen LogP contribution in [0.4, 0.5) is 0 Å². The Balaban J connectivity index is 2.54. The fourth-order valence-corrected chi connectivity index (χ4v) is 2.00. The van der Waals surface area contributed by atoms with Crippen LogP contribution in [0.2, 0.25) is 0 Å². The van der Waals surface area contributed by atoms with Crippen molar-refractivity contribution in [2.45, 2.75) is 45.2 Å². The minimum atomic E-state index is 0.392. The largest absolute Gasteiger partial charge is 0.329 e. The maximum absolute atomic E-state index is 5.74. The van der Waals surface area contributed by atoms with E-state index in [4.69, 9.17) is 5.73 Å². The third-order valence-electron chi connectivity index (χ3n) is 2.78. The molecule has 1 fully saturated rings. The number of likely N-dealkylation sites (N-methyl/N-ethyl adjacent to an activating group) is 1. The summed E-state index contributed by atoms with van der Waals surface area (Å²) in [6, 6.07) is 0.644. The summed E-state index contributed by atoms with van der Waals surface area (Å²) in [4.78, 5) is 2.52. The number of nitrogens with zero attached hydrogens (tertiary/aromatic N) is 1. The summed E-state index contributed by atoms with van der Waals surface area (Å²) in [6.07, 6.45) is 2.60. The smallest absolute Gasteiger partial charge is 0.0335 e. The molecule has 66 valence electrons. The lowest BCUT2D eigenvalue weighted by atomic mass is 10.1. The van der Waals surface area contributed by atoms with Gasteiger partial charge in [-0.15, -0.1) is 0 Å². The van der Waals surface area contributed by atoms with Crippen LogP contribution in [0.3, 0.4) is 0 Å². The zero-order valence-corrected chi connectivity index (χ0v) is 7.93. The molecule has 0 aliphatic heterocycles. The molecular formula is C9H20N2. The zero-order chi connectivity index (χ0) is 8.48. The third kappa shape index (κ3) is 1.57. The van der Waals surface area contributed by atoms with Crippen molar-refractivity contribution in [3.05, 3.63) is 0 Å². The molecule has 0 bridgehead atoms. The molecule has 2 N–H and O–H groups in total. The monoisotopic (exact) mass is 156 g/mol. The van der Waals surface area contributed by atoms with Crippen molar-refractivity contribution in [1.82, 2.24) is 4.90 Å². The first kappa shape index (κ1) is 9.01. The van der Waals surface area contributed by atoms with E-state index in [9.17, 15) is 0 Å². The van der Waals surface area contributed by atoms with Crippen LogP contribution in [0.5, 0.6) is 0 Å². The summed E-state index contributed by atoms with van der Waals surface area (Å²) in [6.45, 7) is 8.68. The van der Waals surface area contributed by atoms with Crippen molar-refractivity contribution in [1.29, 1.82) is 0 Å². The Labute approximate surface area is 69.8 Å². The van der Waals surface area contributed by atoms with E-state index in [1.807, 2.05) is 0 Å². The molecule has 0 aromatic heterocycles. The molecule has 11 heavy (non-hydrogen) atoms. The summed E-state index contributed by atoms with van der Waals surface area (Å²) in [5, 5.41) is 0. The predicted molar refractivity (Wildman–Crippen MR) is 48.5 cm³/mol. The molecule has 0 amide bonds. The average Bonchev–Trinajstić information content (AvgIpc) is 2.70. The van der Waals surface area contributed by atoms with Crippen molar-refractivity contribution in [3.63, 3.8) is 0 Å². The lowest BCUT2D eigenvalue weighted by Crippen LogP contribution is -2.46. The molecule has 0 heterocycles. The van der Waals surface area contributed by atoms with Crippen molar-refractivity contribution in [3.8, 4) is 0 Å². The lowest BCUT2D eigenvalue weighted by molar-refractivity contribution is 0.148. The molecule has 1 aliphatic rings. The van der Waals surface area contributed by atoms with Crippen LogP contribution in [0.1, 0.15) is 33.6 Å². The highest BCUT2D eigenvalue weighted by Crippen LogP contribution is 2.41. The summed E-state index contributed by atoms with van der Waals surface area (Å²) in [5.41, 5.74) is 6.13. The quantitative estimate of drug-likeness (QED) is 0.663. The first-order valence-corrected chi connectivity index (χ1v) is 4.63. The standard InChI is InChI=1S/C9H20N2/c1-4-11(8(2)3)9(7-10)5-6-9/h8H,4-7,10H2,1-3H3. The van der Waals surface area contributed by atoms with E-state index >= 15 is 0 Å². The lowest BCUT2D eigenvalue weighted by Gasteiger charge is -2.33. The van der Waals surface area contributed by atoms with Crippen LogP contribution in [0.25, 0.3) is 0 Å². The van der Waals surface area contributed by atoms with Gasteiger partial charge >= 0.3 is 0 Å². The predicted octanol–water partition coefficient (Wildman–Crippen LogP) is 1.21. The van der Waals surface area contributed by atoms with E-state index in [1.165, 1.54) is 12.8 Å². The van der Waals surface area contributed by atoms with Gasteiger partial charge in [0.2, 0.25) is 0 Å². The fraction of sp³-hybridized carbons (Fsp3) is 1.00. The molecule has 0 aromatic rings. The molecule has 0 radical (unpaired) electrons. The molecule has 1 aliphatic carbocycles. The van der Waals surface area contributed by atoms with Crippen molar-refractivity contribution < 1.29 is 0 Å². The molecule has 1 rings (SSSR count). The van der Waals surface area contributed by atoms with Gasteiger partial charge in [-0.3, -0.25) is 4.90 Å². The van der Waals surface area contributed by atoms with Crippen LogP contribution in [0, 0.1) is 0 Å². The van der Waals surface area contributed by atoms with E-state index in [1.54, 1.807) is 0 Å². The maximum atomic E-state index is 5.74. The van der Waals surface area contributed by atoms with Gasteiger partial charge in [-0.1, -0.05) is 6.92 Å². The molecule has 1 saturated carbocycles. The van der Waals surface area contributed by atoms with Crippen molar-refractivity contribution >= 4 is 0 Å². The third-order valence-corrected chi connectivity index (χ3v) is 2.78. The Hall–Kier alpha value is -0.0800. The Morgan fingerprint density at radius 2 is 2.00 bits per heavy atom. The molecular weight excluding hydrogens is 136 g/mol. The van der Waals surface area contributed by atoms with Gasteiger partial charge in [-0.2, -0.15) is 0 Å². The minimum Gasteiger partial charge on any atom is -0.329 e. The molecule has 0 saturated heterocycles. The summed E-state index contributed by atoms with van der Waals surface area (Å²) < 4.78 is 0. The van der Waals surface area contributed by atoms with Gasteiger partial charge in [0.1, 0.15) is 0 Å². The van der Waals surface area contributed by atoms with Crippen LogP contribution in [-0.4, -0.2) is 29.6 Å². The van der Waals surface area contributed by atoms with Crippen LogP contribution < -0.4 is 5.73 Å². The highest BCUT2D eigenvalue weighted by molar-refractivity contribution is 5.05. The van der Waals surface area contributed by atoms with Crippen LogP contribution in [0.15, 0.2) is 0 Å². The highest BCUT2D eigenvalue weighted by atomic mass is 15.3. The van der Waals surface area contributed by atoms with E-state index in [0.717, 1.165) is 13.1 Å². The molecule has 0 unspecified atom stereocenters. The molecule has 2 heteroatoms. The Kier molecular flexibility index (Phi) is 2.55. The first-order valence-electron chi connectivity index (χ1n) is 4.63. The number of nitrogens with two attached hydrogens (primary N) is 1. The van der Waals surface area contributed by atoms with E-state index in [0.29, 0.717) is 11.6 Å². The maximum Gasteiger partial charge on any atom is 0.0335 e. The Morgan fingerprint density at radius 1 is 1.45 bits per heavy atom. The van der Waals surface area contributed by atoms with Gasteiger partial charge in [0, 0.05) is 18.1 Å². The molecule has 0 spiro atoms. The topological polar surface area (TPSA) is 29.3 Å². The summed E-state index contributed by atoms with van der Waals surface area (Å²) >= 11 is 0. The van der Waals surface area contributed by atoms with Crippen molar-refractivity contribution in [2.24, 2.45) is 5.73 Å². The number of rotatable bonds is 4. The van der Waals surface area contributed by atoms with Gasteiger partial charge in [0.15, 0.2) is 0 Å². The van der Waals surface area contributed by atoms with Gasteiger partial charge in [-0.05, 0) is 33.2 Å². The van der Waals surface area contributed by atoms with E-state index in [-0.39, 0.29) is 0 Å². The van der Waals surface area contributed by atoms with Gasteiger partial charge < -0.3 is 5.73 Å². The number of hydrogen-bond donors (Lipinski definition) is 1. The second kappa shape index (κ2) is 3.11. The summed E-state index contributed by atoms with van der Waals surface area (Å²) in [5.74, 6) is 0. The summed E-state index contributed by atoms with van der Waals surface area (Å²) in [7, 11) is 0.